The first-order valence-electron chi connectivity index (χ1n) is 10.5. The first kappa shape index (κ1) is 23.2. The Kier molecular flexibility index (Phi) is 6.67. The van der Waals surface area contributed by atoms with Crippen LogP contribution < -0.4 is 5.73 Å². The first-order valence-corrected chi connectivity index (χ1v) is 10.5. The molecule has 1 unspecified atom stereocenters. The highest BCUT2D eigenvalue weighted by atomic mass is 19.4. The van der Waals surface area contributed by atoms with E-state index in [-0.39, 0.29) is 0 Å². The Morgan fingerprint density at radius 3 is 2.39 bits per heavy atom. The molecule has 7 heteroatoms. The predicted molar refractivity (Wildman–Crippen MR) is 117 cm³/mol. The fraction of sp³-hybridized carbons (Fsp3) is 0.417. The number of rotatable bonds is 7. The number of aliphatic hydroxyl groups is 1. The Morgan fingerprint density at radius 1 is 1.00 bits per heavy atom. The summed E-state index contributed by atoms with van der Waals surface area (Å²) in [5.41, 5.74) is 6.90. The van der Waals surface area contributed by atoms with E-state index >= 15 is 0 Å². The molecule has 3 aromatic rings. The monoisotopic (exact) mass is 431 g/mol. The van der Waals surface area contributed by atoms with Gasteiger partial charge in [0.2, 0.25) is 0 Å². The highest BCUT2D eigenvalue weighted by Gasteiger charge is 2.31. The number of aryl methyl sites for hydroxylation is 2. The minimum absolute atomic E-state index is 0.322. The average Bonchev–Trinajstić information content (AvgIpc) is 2.72. The lowest BCUT2D eigenvalue weighted by molar-refractivity contribution is -0.137. The smallest absolute Gasteiger partial charge is 0.385 e. The maximum Gasteiger partial charge on any atom is 0.416 e. The number of nitrogens with two attached hydrogens (primary N) is 1. The topological polar surface area (TPSA) is 72.0 Å². The van der Waals surface area contributed by atoms with Crippen molar-refractivity contribution in [2.75, 3.05) is 6.54 Å². The van der Waals surface area contributed by atoms with Crippen LogP contribution in [0.3, 0.4) is 0 Å². The SMILES string of the molecule is CCCCC(O)(CCN)c1cc(C)c2nc(C)nc(-c3cccc(C(F)(F)F)c3)c2c1. The van der Waals surface area contributed by atoms with Gasteiger partial charge in [0.25, 0.3) is 0 Å². The number of nitrogens with zero attached hydrogens (tertiary/aromatic N) is 2. The molecule has 3 rings (SSSR count). The highest BCUT2D eigenvalue weighted by molar-refractivity contribution is 5.94. The fourth-order valence-electron chi connectivity index (χ4n) is 3.97. The van der Waals surface area contributed by atoms with Crippen LogP contribution >= 0.6 is 0 Å². The summed E-state index contributed by atoms with van der Waals surface area (Å²) in [6.45, 7) is 5.98. The molecule has 0 saturated carbocycles. The molecule has 0 amide bonds. The molecule has 0 aliphatic heterocycles. The summed E-state index contributed by atoms with van der Waals surface area (Å²) in [6.07, 6.45) is -1.74. The molecular weight excluding hydrogens is 403 g/mol. The van der Waals surface area contributed by atoms with Gasteiger partial charge >= 0.3 is 6.18 Å². The summed E-state index contributed by atoms with van der Waals surface area (Å²) in [4.78, 5) is 9.01. The van der Waals surface area contributed by atoms with Gasteiger partial charge in [-0.1, -0.05) is 38.0 Å². The van der Waals surface area contributed by atoms with Crippen molar-refractivity contribution in [3.8, 4) is 11.3 Å². The lowest BCUT2D eigenvalue weighted by Crippen LogP contribution is -2.29. The molecular formula is C24H28F3N3O. The summed E-state index contributed by atoms with van der Waals surface area (Å²) in [6, 6.07) is 8.85. The molecule has 0 radical (unpaired) electrons. The number of hydrogen-bond donors (Lipinski definition) is 2. The van der Waals surface area contributed by atoms with E-state index < -0.39 is 17.3 Å². The zero-order chi connectivity index (χ0) is 22.8. The molecule has 0 aliphatic carbocycles. The molecule has 0 aliphatic rings. The summed E-state index contributed by atoms with van der Waals surface area (Å²) in [7, 11) is 0. The van der Waals surface area contributed by atoms with Crippen molar-refractivity contribution in [2.45, 2.75) is 58.2 Å². The van der Waals surface area contributed by atoms with Gasteiger partial charge in [0.05, 0.1) is 22.4 Å². The van der Waals surface area contributed by atoms with E-state index in [2.05, 4.69) is 16.9 Å². The van der Waals surface area contributed by atoms with Crippen LogP contribution in [0.5, 0.6) is 0 Å². The number of alkyl halides is 3. The minimum atomic E-state index is -4.45. The van der Waals surface area contributed by atoms with E-state index in [1.165, 1.54) is 6.07 Å². The third-order valence-electron chi connectivity index (χ3n) is 5.61. The van der Waals surface area contributed by atoms with Crippen LogP contribution in [0.2, 0.25) is 0 Å². The number of fused-ring (bicyclic) bond motifs is 1. The molecule has 0 bridgehead atoms. The molecule has 31 heavy (non-hydrogen) atoms. The average molecular weight is 432 g/mol. The molecule has 3 N–H and O–H groups in total. The fourth-order valence-corrected chi connectivity index (χ4v) is 3.97. The number of halogens is 3. The molecule has 1 aromatic heterocycles. The van der Waals surface area contributed by atoms with Gasteiger partial charge in [0, 0.05) is 10.9 Å². The number of unbranched alkanes of at least 4 members (excludes halogenated alkanes) is 1. The van der Waals surface area contributed by atoms with Crippen molar-refractivity contribution in [3.63, 3.8) is 0 Å². The number of hydrogen-bond acceptors (Lipinski definition) is 4. The normalized spacial score (nSPS) is 14.1. The summed E-state index contributed by atoms with van der Waals surface area (Å²) in [5.74, 6) is 0.471. The Bertz CT molecular complexity index is 1080. The Labute approximate surface area is 180 Å². The minimum Gasteiger partial charge on any atom is -0.385 e. The van der Waals surface area contributed by atoms with E-state index in [0.29, 0.717) is 52.9 Å². The maximum absolute atomic E-state index is 13.3. The van der Waals surface area contributed by atoms with Gasteiger partial charge in [0.15, 0.2) is 0 Å². The van der Waals surface area contributed by atoms with Crippen molar-refractivity contribution in [3.05, 3.63) is 58.9 Å². The highest BCUT2D eigenvalue weighted by Crippen LogP contribution is 2.37. The lowest BCUT2D eigenvalue weighted by atomic mass is 9.83. The van der Waals surface area contributed by atoms with Crippen LogP contribution in [0.25, 0.3) is 22.2 Å². The van der Waals surface area contributed by atoms with Crippen LogP contribution in [-0.4, -0.2) is 21.6 Å². The van der Waals surface area contributed by atoms with E-state index in [0.717, 1.165) is 30.5 Å². The second-order valence-corrected chi connectivity index (χ2v) is 8.06. The number of aromatic nitrogens is 2. The zero-order valence-corrected chi connectivity index (χ0v) is 18.1. The van der Waals surface area contributed by atoms with Gasteiger partial charge in [0.1, 0.15) is 5.82 Å². The number of benzene rings is 2. The lowest BCUT2D eigenvalue weighted by Gasteiger charge is -2.29. The predicted octanol–water partition coefficient (Wildman–Crippen LogP) is 5.66. The molecule has 2 aromatic carbocycles. The van der Waals surface area contributed by atoms with Crippen molar-refractivity contribution in [2.24, 2.45) is 5.73 Å². The molecule has 0 fully saturated rings. The van der Waals surface area contributed by atoms with Crippen LogP contribution in [0.1, 0.15) is 55.1 Å². The van der Waals surface area contributed by atoms with Gasteiger partial charge in [-0.05, 0) is 62.6 Å². The summed E-state index contributed by atoms with van der Waals surface area (Å²) < 4.78 is 39.9. The van der Waals surface area contributed by atoms with Crippen molar-refractivity contribution < 1.29 is 18.3 Å². The Balaban J connectivity index is 2.26. The first-order chi connectivity index (χ1) is 14.6. The third-order valence-corrected chi connectivity index (χ3v) is 5.61. The standard InChI is InChI=1S/C24H28F3N3O/c1-4-5-9-23(31,10-11-28)19-12-15(2)21-20(14-19)22(30-16(3)29-21)17-7-6-8-18(13-17)24(25,26)27/h6-8,12-14,31H,4-5,9-11,28H2,1-3H3. The molecule has 0 saturated heterocycles. The Hall–Kier alpha value is -2.51. The van der Waals surface area contributed by atoms with Crippen LogP contribution in [0.4, 0.5) is 13.2 Å². The molecule has 4 nitrogen and oxygen atoms in total. The van der Waals surface area contributed by atoms with Crippen LogP contribution in [0, 0.1) is 13.8 Å². The second kappa shape index (κ2) is 8.93. The van der Waals surface area contributed by atoms with E-state index in [4.69, 9.17) is 5.73 Å². The van der Waals surface area contributed by atoms with E-state index in [9.17, 15) is 18.3 Å². The summed E-state index contributed by atoms with van der Waals surface area (Å²) >= 11 is 0. The molecule has 166 valence electrons. The van der Waals surface area contributed by atoms with Crippen molar-refractivity contribution >= 4 is 10.9 Å². The van der Waals surface area contributed by atoms with E-state index in [1.807, 2.05) is 19.1 Å². The van der Waals surface area contributed by atoms with Crippen LogP contribution in [-0.2, 0) is 11.8 Å². The third kappa shape index (κ3) is 4.88. The van der Waals surface area contributed by atoms with Crippen LogP contribution in [0.15, 0.2) is 36.4 Å². The van der Waals surface area contributed by atoms with Gasteiger partial charge in [-0.15, -0.1) is 0 Å². The molecule has 0 spiro atoms. The van der Waals surface area contributed by atoms with Gasteiger partial charge < -0.3 is 10.8 Å². The van der Waals surface area contributed by atoms with Gasteiger partial charge in [-0.25, -0.2) is 9.97 Å². The zero-order valence-electron chi connectivity index (χ0n) is 18.1. The quantitative estimate of drug-likeness (QED) is 0.506. The second-order valence-electron chi connectivity index (χ2n) is 8.06. The summed E-state index contributed by atoms with van der Waals surface area (Å²) in [5, 5.41) is 12.0. The van der Waals surface area contributed by atoms with Gasteiger partial charge in [-0.2, -0.15) is 13.2 Å². The van der Waals surface area contributed by atoms with E-state index in [1.54, 1.807) is 13.0 Å². The largest absolute Gasteiger partial charge is 0.416 e. The van der Waals surface area contributed by atoms with Crippen molar-refractivity contribution in [1.29, 1.82) is 0 Å². The Morgan fingerprint density at radius 2 is 1.74 bits per heavy atom. The molecule has 1 heterocycles. The van der Waals surface area contributed by atoms with Crippen molar-refractivity contribution in [1.82, 2.24) is 9.97 Å². The molecule has 1 atom stereocenters. The maximum atomic E-state index is 13.3. The van der Waals surface area contributed by atoms with Gasteiger partial charge in [-0.3, -0.25) is 0 Å².